The third kappa shape index (κ3) is 7.08. The van der Waals surface area contributed by atoms with E-state index in [1.165, 1.54) is 62.2 Å². The quantitative estimate of drug-likeness (QED) is 0.158. The third-order valence-electron chi connectivity index (χ3n) is 18.4. The fourth-order valence-electron chi connectivity index (χ4n) is 14.6. The summed E-state index contributed by atoms with van der Waals surface area (Å²) in [5, 5.41) is 2.12. The van der Waals surface area contributed by atoms with Crippen LogP contribution in [-0.4, -0.2) is 0 Å². The Morgan fingerprint density at radius 1 is 0.370 bits per heavy atom. The molecule has 3 aliphatic rings. The first kappa shape index (κ1) is 49.0. The molecule has 0 aliphatic heterocycles. The SMILES string of the molecule is CC(C)(C)c1cc2c(cc1-c1cccc3c1oc1ccccc13)-c1ccc(N(c3ccc(-c4cccc5c4-c4ccccc4C5(C)C)cc3)c3ccc4c(c3)C(C)(C)c3ccccc3-4)cc1C2(c1cccc(F)c1)c1cccc(F)c1. The zero-order chi connectivity index (χ0) is 55.3. The molecular formula is C77H59F2NO. The molecule has 11 aromatic carbocycles. The number of rotatable bonds is 7. The highest BCUT2D eigenvalue weighted by atomic mass is 19.1. The van der Waals surface area contributed by atoms with Crippen molar-refractivity contribution in [2.24, 2.45) is 0 Å². The van der Waals surface area contributed by atoms with E-state index in [1.807, 2.05) is 24.3 Å². The number of anilines is 3. The van der Waals surface area contributed by atoms with Gasteiger partial charge in [-0.05, 0) is 178 Å². The summed E-state index contributed by atoms with van der Waals surface area (Å²) in [5.41, 5.74) is 23.7. The van der Waals surface area contributed by atoms with Gasteiger partial charge >= 0.3 is 0 Å². The number of halogens is 2. The number of benzene rings is 11. The maximum absolute atomic E-state index is 16.3. The van der Waals surface area contributed by atoms with E-state index in [0.29, 0.717) is 11.1 Å². The average Bonchev–Trinajstić information content (AvgIpc) is 4.17. The van der Waals surface area contributed by atoms with E-state index >= 15 is 8.78 Å². The lowest BCUT2D eigenvalue weighted by Crippen LogP contribution is -2.30. The Bertz CT molecular complexity index is 4560. The number of fused-ring (bicyclic) bond motifs is 12. The van der Waals surface area contributed by atoms with Crippen LogP contribution in [0.25, 0.3) is 77.6 Å². The standard InChI is InChI=1S/C77H59F2NO/c1-74(2,3)67-45-70-62(44-63(67)60-27-16-26-59-58-23-10-13-31-71(58)81-73(59)60)57-39-37-53(43-69(57)77(70,47-18-14-20-49(78)40-47)48-19-15-21-50(79)41-48)80(52-36-38-56-55-22-8-11-28-64(55)76(6,7)68(56)42-52)51-34-32-46(33-35-51)54-25-17-30-66-72(54)61-24-9-12-29-65(61)75(66,4)5/h8-45H,1-7H3. The Morgan fingerprint density at radius 3 is 1.57 bits per heavy atom. The zero-order valence-electron chi connectivity index (χ0n) is 46.6. The van der Waals surface area contributed by atoms with Gasteiger partial charge in [0.15, 0.2) is 0 Å². The van der Waals surface area contributed by atoms with Gasteiger partial charge in [-0.25, -0.2) is 8.78 Å². The molecule has 0 fully saturated rings. The minimum absolute atomic E-state index is 0.127. The van der Waals surface area contributed by atoms with Crippen LogP contribution in [-0.2, 0) is 21.7 Å². The van der Waals surface area contributed by atoms with Crippen LogP contribution in [0.15, 0.2) is 235 Å². The van der Waals surface area contributed by atoms with Gasteiger partial charge in [0.1, 0.15) is 22.8 Å². The minimum Gasteiger partial charge on any atom is -0.455 e. The Balaban J connectivity index is 0.989. The van der Waals surface area contributed by atoms with Crippen LogP contribution in [0.4, 0.5) is 25.8 Å². The molecule has 0 bridgehead atoms. The van der Waals surface area contributed by atoms with Crippen LogP contribution < -0.4 is 4.90 Å². The van der Waals surface area contributed by atoms with E-state index in [1.54, 1.807) is 24.3 Å². The van der Waals surface area contributed by atoms with Crippen molar-refractivity contribution < 1.29 is 13.2 Å². The molecule has 12 aromatic rings. The fraction of sp³-hybridized carbons (Fsp3) is 0.143. The highest BCUT2D eigenvalue weighted by Gasteiger charge is 2.48. The summed E-state index contributed by atoms with van der Waals surface area (Å²) in [6, 6.07) is 80.3. The second kappa shape index (κ2) is 17.4. The Kier molecular flexibility index (Phi) is 10.5. The number of nitrogens with zero attached hydrogens (tertiary/aromatic N) is 1. The van der Waals surface area contributed by atoms with Crippen LogP contribution in [0, 0.1) is 11.6 Å². The molecule has 2 nitrogen and oxygen atoms in total. The second-order valence-electron chi connectivity index (χ2n) is 24.7. The van der Waals surface area contributed by atoms with Crippen LogP contribution >= 0.6 is 0 Å². The highest BCUT2D eigenvalue weighted by molar-refractivity contribution is 6.10. The van der Waals surface area contributed by atoms with Crippen molar-refractivity contribution in [1.29, 1.82) is 0 Å². The van der Waals surface area contributed by atoms with Gasteiger partial charge in [-0.2, -0.15) is 0 Å². The molecule has 0 atom stereocenters. The number of furan rings is 1. The molecule has 0 spiro atoms. The van der Waals surface area contributed by atoms with Gasteiger partial charge in [-0.15, -0.1) is 0 Å². The second-order valence-corrected chi connectivity index (χ2v) is 24.7. The summed E-state index contributed by atoms with van der Waals surface area (Å²) < 4.78 is 39.4. The van der Waals surface area contributed by atoms with Gasteiger partial charge < -0.3 is 9.32 Å². The molecular weight excluding hydrogens is 993 g/mol. The molecule has 0 N–H and O–H groups in total. The fourth-order valence-corrected chi connectivity index (χ4v) is 14.6. The van der Waals surface area contributed by atoms with Crippen LogP contribution in [0.1, 0.15) is 98.5 Å². The molecule has 4 heteroatoms. The lowest BCUT2D eigenvalue weighted by molar-refractivity contribution is 0.588. The van der Waals surface area contributed by atoms with Gasteiger partial charge in [0, 0.05) is 44.2 Å². The molecule has 1 heterocycles. The maximum atomic E-state index is 16.3. The van der Waals surface area contributed by atoms with Crippen molar-refractivity contribution in [1.82, 2.24) is 0 Å². The van der Waals surface area contributed by atoms with Crippen molar-refractivity contribution in [2.75, 3.05) is 4.90 Å². The molecule has 0 amide bonds. The molecule has 0 saturated carbocycles. The minimum atomic E-state index is -1.16. The predicted octanol–water partition coefficient (Wildman–Crippen LogP) is 20.9. The molecule has 15 rings (SSSR count). The summed E-state index contributed by atoms with van der Waals surface area (Å²) in [4.78, 5) is 2.37. The molecule has 0 unspecified atom stereocenters. The van der Waals surface area contributed by atoms with E-state index < -0.39 is 5.41 Å². The zero-order valence-corrected chi connectivity index (χ0v) is 46.6. The van der Waals surface area contributed by atoms with Gasteiger partial charge in [0.2, 0.25) is 0 Å². The van der Waals surface area contributed by atoms with Crippen molar-refractivity contribution >= 4 is 39.0 Å². The van der Waals surface area contributed by atoms with Gasteiger partial charge in [0.25, 0.3) is 0 Å². The third-order valence-corrected chi connectivity index (χ3v) is 18.4. The van der Waals surface area contributed by atoms with Crippen LogP contribution in [0.2, 0.25) is 0 Å². The molecule has 1 aromatic heterocycles. The summed E-state index contributed by atoms with van der Waals surface area (Å²) in [6.07, 6.45) is 0. The number of hydrogen-bond donors (Lipinski definition) is 0. The van der Waals surface area contributed by atoms with E-state index in [0.717, 1.165) is 83.5 Å². The molecule has 392 valence electrons. The molecule has 0 saturated heterocycles. The summed E-state index contributed by atoms with van der Waals surface area (Å²) >= 11 is 0. The lowest BCUT2D eigenvalue weighted by Gasteiger charge is -2.36. The summed E-state index contributed by atoms with van der Waals surface area (Å²) in [7, 11) is 0. The van der Waals surface area contributed by atoms with Crippen molar-refractivity contribution in [3.05, 3.63) is 292 Å². The lowest BCUT2D eigenvalue weighted by atomic mass is 9.66. The maximum Gasteiger partial charge on any atom is 0.143 e. The van der Waals surface area contributed by atoms with Crippen LogP contribution in [0.3, 0.4) is 0 Å². The molecule has 3 aliphatic carbocycles. The number of para-hydroxylation sites is 2. The van der Waals surface area contributed by atoms with Crippen molar-refractivity contribution in [2.45, 2.75) is 70.1 Å². The molecule has 0 radical (unpaired) electrons. The largest absolute Gasteiger partial charge is 0.455 e. The van der Waals surface area contributed by atoms with Gasteiger partial charge in [-0.3, -0.25) is 0 Å². The number of hydrogen-bond acceptors (Lipinski definition) is 2. The normalized spacial score (nSPS) is 14.8. The van der Waals surface area contributed by atoms with Crippen LogP contribution in [0.5, 0.6) is 0 Å². The average molecular weight is 1050 g/mol. The smallest absolute Gasteiger partial charge is 0.143 e. The van der Waals surface area contributed by atoms with Crippen molar-refractivity contribution in [3.8, 4) is 55.6 Å². The van der Waals surface area contributed by atoms with E-state index in [4.69, 9.17) is 4.42 Å². The van der Waals surface area contributed by atoms with Gasteiger partial charge in [-0.1, -0.05) is 206 Å². The predicted molar refractivity (Wildman–Crippen MR) is 330 cm³/mol. The van der Waals surface area contributed by atoms with Gasteiger partial charge in [0.05, 0.1) is 5.41 Å². The Hall–Kier alpha value is -9.12. The topological polar surface area (TPSA) is 16.4 Å². The summed E-state index contributed by atoms with van der Waals surface area (Å²) in [5.74, 6) is -0.725. The Labute approximate surface area is 472 Å². The highest BCUT2D eigenvalue weighted by Crippen LogP contribution is 2.60. The van der Waals surface area contributed by atoms with E-state index in [9.17, 15) is 0 Å². The Morgan fingerprint density at radius 2 is 0.877 bits per heavy atom. The molecule has 81 heavy (non-hydrogen) atoms. The monoisotopic (exact) mass is 1050 g/mol. The first-order valence-electron chi connectivity index (χ1n) is 28.3. The van der Waals surface area contributed by atoms with E-state index in [-0.39, 0.29) is 27.9 Å². The first-order valence-corrected chi connectivity index (χ1v) is 28.3. The first-order chi connectivity index (χ1) is 39.1. The van der Waals surface area contributed by atoms with E-state index in [2.05, 4.69) is 223 Å². The summed E-state index contributed by atoms with van der Waals surface area (Å²) in [6.45, 7) is 16.0. The van der Waals surface area contributed by atoms with Crippen molar-refractivity contribution in [3.63, 3.8) is 0 Å².